The van der Waals surface area contributed by atoms with E-state index in [0.29, 0.717) is 0 Å². The molecule has 0 atom stereocenters. The molecule has 0 bridgehead atoms. The van der Waals surface area contributed by atoms with Crippen LogP contribution in [0.5, 0.6) is 0 Å². The fourth-order valence-electron chi connectivity index (χ4n) is 1.37. The molecular weight excluding hydrogens is 184 g/mol. The van der Waals surface area contributed by atoms with Gasteiger partial charge in [-0.15, -0.1) is 0 Å². The molecule has 0 spiro atoms. The zero-order chi connectivity index (χ0) is 9.31. The molecule has 1 saturated carbocycles. The molecule has 0 aliphatic heterocycles. The van der Waals surface area contributed by atoms with Gasteiger partial charge in [-0.05, 0) is 37.8 Å². The van der Waals surface area contributed by atoms with E-state index in [1.807, 2.05) is 6.07 Å². The highest BCUT2D eigenvalue weighted by molar-refractivity contribution is 6.30. The van der Waals surface area contributed by atoms with Crippen LogP contribution >= 0.6 is 11.6 Å². The molecule has 2 nitrogen and oxygen atoms in total. The molecule has 0 aromatic carbocycles. The second-order valence-corrected chi connectivity index (χ2v) is 4.26. The third-order valence-corrected chi connectivity index (χ3v) is 2.78. The van der Waals surface area contributed by atoms with Gasteiger partial charge in [0.15, 0.2) is 0 Å². The molecule has 3 heteroatoms. The van der Waals surface area contributed by atoms with Crippen molar-refractivity contribution in [2.75, 3.05) is 0 Å². The first kappa shape index (κ1) is 8.97. The SMILES string of the molecule is NC1(CCc2cc(Cl)ccn2)CC1. The van der Waals surface area contributed by atoms with E-state index in [0.717, 1.165) is 36.4 Å². The van der Waals surface area contributed by atoms with Crippen molar-refractivity contribution in [2.24, 2.45) is 5.73 Å². The number of rotatable bonds is 3. The number of nitrogens with zero attached hydrogens (tertiary/aromatic N) is 1. The standard InChI is InChI=1S/C10H13ClN2/c11-8-2-6-13-9(7-8)1-3-10(12)4-5-10/h2,6-7H,1,3-5,12H2. The number of halogens is 1. The van der Waals surface area contributed by atoms with Crippen LogP contribution < -0.4 is 5.73 Å². The molecule has 0 saturated heterocycles. The summed E-state index contributed by atoms with van der Waals surface area (Å²) in [6.07, 6.45) is 6.03. The van der Waals surface area contributed by atoms with Crippen LogP contribution in [0.15, 0.2) is 18.3 Å². The van der Waals surface area contributed by atoms with Gasteiger partial charge in [0, 0.05) is 22.5 Å². The van der Waals surface area contributed by atoms with Crippen LogP contribution in [0.25, 0.3) is 0 Å². The number of aryl methyl sites for hydroxylation is 1. The minimum absolute atomic E-state index is 0.115. The topological polar surface area (TPSA) is 38.9 Å². The number of nitrogens with two attached hydrogens (primary N) is 1. The fourth-order valence-corrected chi connectivity index (χ4v) is 1.56. The molecule has 13 heavy (non-hydrogen) atoms. The largest absolute Gasteiger partial charge is 0.325 e. The third-order valence-electron chi connectivity index (χ3n) is 2.55. The van der Waals surface area contributed by atoms with Gasteiger partial charge in [0.2, 0.25) is 0 Å². The van der Waals surface area contributed by atoms with Crippen molar-refractivity contribution in [3.05, 3.63) is 29.0 Å². The fraction of sp³-hybridized carbons (Fsp3) is 0.500. The molecule has 0 radical (unpaired) electrons. The van der Waals surface area contributed by atoms with E-state index in [4.69, 9.17) is 17.3 Å². The number of hydrogen-bond acceptors (Lipinski definition) is 2. The summed E-state index contributed by atoms with van der Waals surface area (Å²) in [4.78, 5) is 4.23. The maximum absolute atomic E-state index is 5.97. The van der Waals surface area contributed by atoms with Gasteiger partial charge in [0.1, 0.15) is 0 Å². The molecule has 1 aromatic heterocycles. The molecule has 1 aliphatic rings. The molecule has 1 fully saturated rings. The summed E-state index contributed by atoms with van der Waals surface area (Å²) in [7, 11) is 0. The van der Waals surface area contributed by atoms with Crippen LogP contribution in [0, 0.1) is 0 Å². The third kappa shape index (κ3) is 2.42. The van der Waals surface area contributed by atoms with Crippen LogP contribution in [0.3, 0.4) is 0 Å². The Morgan fingerprint density at radius 1 is 1.54 bits per heavy atom. The minimum atomic E-state index is 0.115. The number of aromatic nitrogens is 1. The summed E-state index contributed by atoms with van der Waals surface area (Å²) in [5, 5.41) is 0.756. The lowest BCUT2D eigenvalue weighted by Crippen LogP contribution is -2.22. The molecule has 1 aromatic rings. The zero-order valence-electron chi connectivity index (χ0n) is 7.46. The predicted molar refractivity (Wildman–Crippen MR) is 53.7 cm³/mol. The van der Waals surface area contributed by atoms with Crippen LogP contribution in [0.2, 0.25) is 5.02 Å². The van der Waals surface area contributed by atoms with E-state index in [1.165, 1.54) is 0 Å². The predicted octanol–water partition coefficient (Wildman–Crippen LogP) is 2.16. The molecule has 0 amide bonds. The van der Waals surface area contributed by atoms with Gasteiger partial charge in [-0.1, -0.05) is 11.6 Å². The molecule has 1 heterocycles. The maximum atomic E-state index is 5.97. The highest BCUT2D eigenvalue weighted by Crippen LogP contribution is 2.36. The van der Waals surface area contributed by atoms with Crippen molar-refractivity contribution < 1.29 is 0 Å². The number of hydrogen-bond donors (Lipinski definition) is 1. The van der Waals surface area contributed by atoms with Crippen molar-refractivity contribution in [3.63, 3.8) is 0 Å². The monoisotopic (exact) mass is 196 g/mol. The minimum Gasteiger partial charge on any atom is -0.325 e. The van der Waals surface area contributed by atoms with E-state index < -0.39 is 0 Å². The molecule has 1 aliphatic carbocycles. The smallest absolute Gasteiger partial charge is 0.0439 e. The summed E-state index contributed by atoms with van der Waals surface area (Å²) in [6.45, 7) is 0. The highest BCUT2D eigenvalue weighted by atomic mass is 35.5. The van der Waals surface area contributed by atoms with Gasteiger partial charge in [0.25, 0.3) is 0 Å². The second kappa shape index (κ2) is 3.28. The van der Waals surface area contributed by atoms with Gasteiger partial charge in [-0.25, -0.2) is 0 Å². The van der Waals surface area contributed by atoms with Crippen molar-refractivity contribution >= 4 is 11.6 Å². The van der Waals surface area contributed by atoms with E-state index in [9.17, 15) is 0 Å². The molecule has 2 N–H and O–H groups in total. The normalized spacial score (nSPS) is 18.6. The van der Waals surface area contributed by atoms with Crippen LogP contribution in [-0.4, -0.2) is 10.5 Å². The lowest BCUT2D eigenvalue weighted by atomic mass is 10.1. The van der Waals surface area contributed by atoms with Crippen LogP contribution in [0.4, 0.5) is 0 Å². The van der Waals surface area contributed by atoms with E-state index in [2.05, 4.69) is 4.98 Å². The maximum Gasteiger partial charge on any atom is 0.0439 e. The molecular formula is C10H13ClN2. The van der Waals surface area contributed by atoms with Crippen molar-refractivity contribution in [1.29, 1.82) is 0 Å². The van der Waals surface area contributed by atoms with E-state index in [1.54, 1.807) is 12.3 Å². The molecule has 2 rings (SSSR count). The highest BCUT2D eigenvalue weighted by Gasteiger charge is 2.37. The Morgan fingerprint density at radius 2 is 2.31 bits per heavy atom. The van der Waals surface area contributed by atoms with Gasteiger partial charge < -0.3 is 5.73 Å². The lowest BCUT2D eigenvalue weighted by molar-refractivity contribution is 0.603. The Bertz CT molecular complexity index is 308. The summed E-state index contributed by atoms with van der Waals surface area (Å²) in [6, 6.07) is 3.70. The Labute approximate surface area is 83.1 Å². The summed E-state index contributed by atoms with van der Waals surface area (Å²) >= 11 is 5.84. The Morgan fingerprint density at radius 3 is 2.92 bits per heavy atom. The first-order valence-corrected chi connectivity index (χ1v) is 4.95. The van der Waals surface area contributed by atoms with Crippen LogP contribution in [-0.2, 0) is 6.42 Å². The lowest BCUT2D eigenvalue weighted by Gasteiger charge is -2.07. The van der Waals surface area contributed by atoms with Gasteiger partial charge in [-0.3, -0.25) is 4.98 Å². The molecule has 0 unspecified atom stereocenters. The average molecular weight is 197 g/mol. The zero-order valence-corrected chi connectivity index (χ0v) is 8.22. The first-order valence-electron chi connectivity index (χ1n) is 4.57. The second-order valence-electron chi connectivity index (χ2n) is 3.83. The Kier molecular flexibility index (Phi) is 2.26. The Balaban J connectivity index is 1.94. The summed E-state index contributed by atoms with van der Waals surface area (Å²) < 4.78 is 0. The van der Waals surface area contributed by atoms with Crippen molar-refractivity contribution in [2.45, 2.75) is 31.2 Å². The Hall–Kier alpha value is -0.600. The average Bonchev–Trinajstić information content (AvgIpc) is 2.82. The van der Waals surface area contributed by atoms with Gasteiger partial charge in [0.05, 0.1) is 0 Å². The summed E-state index contributed by atoms with van der Waals surface area (Å²) in [5.74, 6) is 0. The first-order chi connectivity index (χ1) is 6.18. The molecule has 70 valence electrons. The van der Waals surface area contributed by atoms with Gasteiger partial charge >= 0.3 is 0 Å². The van der Waals surface area contributed by atoms with Crippen molar-refractivity contribution in [3.8, 4) is 0 Å². The summed E-state index contributed by atoms with van der Waals surface area (Å²) in [5.41, 5.74) is 7.13. The van der Waals surface area contributed by atoms with Gasteiger partial charge in [-0.2, -0.15) is 0 Å². The van der Waals surface area contributed by atoms with Crippen molar-refractivity contribution in [1.82, 2.24) is 4.98 Å². The quantitative estimate of drug-likeness (QED) is 0.805. The van der Waals surface area contributed by atoms with E-state index >= 15 is 0 Å². The van der Waals surface area contributed by atoms with E-state index in [-0.39, 0.29) is 5.54 Å². The van der Waals surface area contributed by atoms with Crippen LogP contribution in [0.1, 0.15) is 25.0 Å². The number of pyridine rings is 1.